The fraction of sp³-hybridized carbons (Fsp3) is 0.286. The minimum absolute atomic E-state index is 0.227. The van der Waals surface area contributed by atoms with Gasteiger partial charge in [-0.1, -0.05) is 12.1 Å². The third-order valence-corrected chi connectivity index (χ3v) is 3.73. The van der Waals surface area contributed by atoms with Gasteiger partial charge in [-0.2, -0.15) is 11.3 Å². The van der Waals surface area contributed by atoms with Crippen LogP contribution in [0.3, 0.4) is 0 Å². The highest BCUT2D eigenvalue weighted by atomic mass is 32.1. The lowest BCUT2D eigenvalue weighted by Gasteiger charge is -2.25. The van der Waals surface area contributed by atoms with Crippen LogP contribution in [0.15, 0.2) is 41.1 Å². The van der Waals surface area contributed by atoms with Gasteiger partial charge in [0.2, 0.25) is 0 Å². The highest BCUT2D eigenvalue weighted by molar-refractivity contribution is 7.07. The van der Waals surface area contributed by atoms with E-state index in [0.29, 0.717) is 0 Å². The van der Waals surface area contributed by atoms with Gasteiger partial charge in [0, 0.05) is 5.54 Å². The molecule has 0 fully saturated rings. The molecule has 1 nitrogen and oxygen atoms in total. The second-order valence-electron chi connectivity index (χ2n) is 4.56. The maximum absolute atomic E-state index is 13.2. The van der Waals surface area contributed by atoms with Crippen LogP contribution in [0.5, 0.6) is 0 Å². The fourth-order valence-electron chi connectivity index (χ4n) is 1.83. The molecule has 1 unspecified atom stereocenters. The van der Waals surface area contributed by atoms with Crippen LogP contribution >= 0.6 is 11.3 Å². The molecule has 0 bridgehead atoms. The van der Waals surface area contributed by atoms with E-state index >= 15 is 0 Å². The minimum Gasteiger partial charge on any atom is -0.322 e. The second kappa shape index (κ2) is 4.98. The van der Waals surface area contributed by atoms with Gasteiger partial charge in [0.25, 0.3) is 0 Å². The van der Waals surface area contributed by atoms with E-state index < -0.39 is 5.54 Å². The number of aryl methyl sites for hydroxylation is 1. The van der Waals surface area contributed by atoms with Gasteiger partial charge in [0.05, 0.1) is 0 Å². The molecule has 1 aromatic heterocycles. The zero-order chi connectivity index (χ0) is 12.3. The average molecular weight is 249 g/mol. The molecule has 1 aromatic carbocycles. The van der Waals surface area contributed by atoms with Gasteiger partial charge < -0.3 is 5.73 Å². The van der Waals surface area contributed by atoms with E-state index in [4.69, 9.17) is 5.73 Å². The molecule has 3 heteroatoms. The van der Waals surface area contributed by atoms with Crippen molar-refractivity contribution >= 4 is 11.3 Å². The predicted octanol–water partition coefficient (Wildman–Crippen LogP) is 3.69. The topological polar surface area (TPSA) is 26.0 Å². The molecule has 0 saturated carbocycles. The number of halogens is 1. The number of hydrogen-bond acceptors (Lipinski definition) is 2. The summed E-state index contributed by atoms with van der Waals surface area (Å²) in [5, 5.41) is 4.19. The number of benzene rings is 1. The third-order valence-electron chi connectivity index (χ3n) is 3.00. The zero-order valence-electron chi connectivity index (χ0n) is 9.82. The van der Waals surface area contributed by atoms with Crippen molar-refractivity contribution < 1.29 is 4.39 Å². The van der Waals surface area contributed by atoms with Gasteiger partial charge in [-0.25, -0.2) is 4.39 Å². The Labute approximate surface area is 105 Å². The lowest BCUT2D eigenvalue weighted by molar-refractivity contribution is 0.450. The molecule has 0 spiro atoms. The van der Waals surface area contributed by atoms with Crippen LogP contribution in [0.25, 0.3) is 0 Å². The monoisotopic (exact) mass is 249 g/mol. The molecule has 0 aliphatic carbocycles. The van der Waals surface area contributed by atoms with Crippen molar-refractivity contribution in [2.45, 2.75) is 25.3 Å². The molecule has 0 saturated heterocycles. The Morgan fingerprint density at radius 3 is 2.82 bits per heavy atom. The predicted molar refractivity (Wildman–Crippen MR) is 70.6 cm³/mol. The summed E-state index contributed by atoms with van der Waals surface area (Å²) in [4.78, 5) is 0. The quantitative estimate of drug-likeness (QED) is 0.878. The van der Waals surface area contributed by atoms with E-state index in [1.807, 2.05) is 13.0 Å². The Morgan fingerprint density at radius 2 is 2.18 bits per heavy atom. The van der Waals surface area contributed by atoms with Gasteiger partial charge in [-0.15, -0.1) is 0 Å². The average Bonchev–Trinajstić information content (AvgIpc) is 2.79. The zero-order valence-corrected chi connectivity index (χ0v) is 10.6. The molecule has 0 aliphatic heterocycles. The van der Waals surface area contributed by atoms with Crippen LogP contribution in [0.1, 0.15) is 24.5 Å². The minimum atomic E-state index is -0.482. The number of rotatable bonds is 4. The van der Waals surface area contributed by atoms with Crippen molar-refractivity contribution in [1.82, 2.24) is 0 Å². The summed E-state index contributed by atoms with van der Waals surface area (Å²) in [5.74, 6) is -0.227. The van der Waals surface area contributed by atoms with Gasteiger partial charge in [0.15, 0.2) is 0 Å². The van der Waals surface area contributed by atoms with Crippen LogP contribution in [0, 0.1) is 5.82 Å². The molecule has 1 heterocycles. The summed E-state index contributed by atoms with van der Waals surface area (Å²) < 4.78 is 13.2. The summed E-state index contributed by atoms with van der Waals surface area (Å²) >= 11 is 1.69. The van der Waals surface area contributed by atoms with Crippen molar-refractivity contribution in [2.75, 3.05) is 0 Å². The molecule has 0 amide bonds. The van der Waals surface area contributed by atoms with Crippen LogP contribution in [0.4, 0.5) is 4.39 Å². The molecule has 0 radical (unpaired) electrons. The molecule has 90 valence electrons. The fourth-order valence-corrected chi connectivity index (χ4v) is 2.53. The van der Waals surface area contributed by atoms with Crippen LogP contribution in [0.2, 0.25) is 0 Å². The largest absolute Gasteiger partial charge is 0.322 e. The van der Waals surface area contributed by atoms with E-state index in [9.17, 15) is 4.39 Å². The summed E-state index contributed by atoms with van der Waals surface area (Å²) in [6.45, 7) is 1.95. The summed E-state index contributed by atoms with van der Waals surface area (Å²) in [6.07, 6.45) is 1.74. The van der Waals surface area contributed by atoms with Gasteiger partial charge in [-0.05, 0) is 59.9 Å². The van der Waals surface area contributed by atoms with Gasteiger partial charge in [-0.3, -0.25) is 0 Å². The first-order valence-electron chi connectivity index (χ1n) is 5.64. The highest BCUT2D eigenvalue weighted by Gasteiger charge is 2.21. The first-order chi connectivity index (χ1) is 8.08. The lowest BCUT2D eigenvalue weighted by Crippen LogP contribution is -2.33. The third kappa shape index (κ3) is 3.14. The first-order valence-corrected chi connectivity index (χ1v) is 6.58. The summed E-state index contributed by atoms with van der Waals surface area (Å²) in [7, 11) is 0. The van der Waals surface area contributed by atoms with Crippen molar-refractivity contribution in [3.8, 4) is 0 Å². The highest BCUT2D eigenvalue weighted by Crippen LogP contribution is 2.24. The molecule has 17 heavy (non-hydrogen) atoms. The Morgan fingerprint density at radius 1 is 1.35 bits per heavy atom. The summed E-state index contributed by atoms with van der Waals surface area (Å²) in [5.41, 5.74) is 7.93. The molecular formula is C14H16FNS. The van der Waals surface area contributed by atoms with Crippen molar-refractivity contribution in [3.63, 3.8) is 0 Å². The van der Waals surface area contributed by atoms with Crippen molar-refractivity contribution in [2.24, 2.45) is 5.73 Å². The Balaban J connectivity index is 2.08. The Kier molecular flexibility index (Phi) is 3.60. The Hall–Kier alpha value is -1.19. The molecular weight excluding hydrogens is 233 g/mol. The number of thiophene rings is 1. The van der Waals surface area contributed by atoms with E-state index in [-0.39, 0.29) is 5.82 Å². The standard InChI is InChI=1S/C14H16FNS/c1-14(16,7-5-11-6-8-17-10-11)12-3-2-4-13(15)9-12/h2-4,6,8-10H,5,7,16H2,1H3. The van der Waals surface area contributed by atoms with E-state index in [1.54, 1.807) is 17.4 Å². The number of nitrogens with two attached hydrogens (primary N) is 1. The van der Waals surface area contributed by atoms with Crippen molar-refractivity contribution in [3.05, 3.63) is 58.0 Å². The van der Waals surface area contributed by atoms with Crippen LogP contribution < -0.4 is 5.73 Å². The number of hydrogen-bond donors (Lipinski definition) is 1. The van der Waals surface area contributed by atoms with Gasteiger partial charge in [0.1, 0.15) is 5.82 Å². The lowest BCUT2D eigenvalue weighted by atomic mass is 9.87. The normalized spacial score (nSPS) is 14.5. The Bertz CT molecular complexity index is 477. The molecule has 2 rings (SSSR count). The van der Waals surface area contributed by atoms with E-state index in [0.717, 1.165) is 18.4 Å². The van der Waals surface area contributed by atoms with E-state index in [2.05, 4.69) is 16.8 Å². The van der Waals surface area contributed by atoms with Gasteiger partial charge >= 0.3 is 0 Å². The van der Waals surface area contributed by atoms with Crippen molar-refractivity contribution in [1.29, 1.82) is 0 Å². The smallest absolute Gasteiger partial charge is 0.123 e. The van der Waals surface area contributed by atoms with Crippen LogP contribution in [-0.4, -0.2) is 0 Å². The molecule has 2 aromatic rings. The first kappa shape index (κ1) is 12.3. The maximum Gasteiger partial charge on any atom is 0.123 e. The summed E-state index contributed by atoms with van der Waals surface area (Å²) in [6, 6.07) is 8.66. The van der Waals surface area contributed by atoms with E-state index in [1.165, 1.54) is 17.7 Å². The molecule has 0 aliphatic rings. The molecule has 2 N–H and O–H groups in total. The maximum atomic E-state index is 13.2. The second-order valence-corrected chi connectivity index (χ2v) is 5.34. The SMILES string of the molecule is CC(N)(CCc1ccsc1)c1cccc(F)c1. The van der Waals surface area contributed by atoms with Crippen LogP contribution in [-0.2, 0) is 12.0 Å². The molecule has 1 atom stereocenters.